The van der Waals surface area contributed by atoms with Crippen LogP contribution in [0.5, 0.6) is 11.8 Å². The molecule has 3 N–H and O–H groups in total. The Kier molecular flexibility index (Phi) is 11.0. The zero-order chi connectivity index (χ0) is 34.5. The minimum absolute atomic E-state index is 0.0929. The average molecular weight is 705 g/mol. The number of nitrogens with zero attached hydrogens (tertiary/aromatic N) is 3. The molecule has 0 radical (unpaired) electrons. The first-order valence-corrected chi connectivity index (χ1v) is 17.2. The minimum atomic E-state index is -0.804. The van der Waals surface area contributed by atoms with Gasteiger partial charge in [-0.1, -0.05) is 78.2 Å². The molecule has 12 heteroatoms. The molecule has 4 aromatic rings. The molecule has 2 aliphatic heterocycles. The van der Waals surface area contributed by atoms with Gasteiger partial charge in [0.15, 0.2) is 0 Å². The number of ether oxygens (including phenoxy) is 2. The number of methoxy groups -OCH3 is 2. The average Bonchev–Trinajstić information content (AvgIpc) is 3.53. The summed E-state index contributed by atoms with van der Waals surface area (Å²) in [5, 5.41) is 17.1. The standard InChI is InChI=1S/C37H39Cl2N5O5/c1-48-35-22(19-40-20-24-14-17-32(45)41-24)12-15-29(42-35)27-9-5-7-25(33(27)38)26-8-6-10-28(34(26)39)30-16-13-23(36(43-30)49-2)21-44-18-4-3-11-31(44)37(46)47/h5-10,12-13,15-16,24,31,40H,3-4,11,14,17-21H2,1-2H3,(H,41,45)(H,46,47)/t24-,31-/m1/s1. The maximum Gasteiger partial charge on any atom is 0.320 e. The number of carbonyl (C=O) groups excluding carboxylic acids is 1. The van der Waals surface area contributed by atoms with E-state index >= 15 is 0 Å². The summed E-state index contributed by atoms with van der Waals surface area (Å²) in [6.45, 7) is 2.35. The number of rotatable bonds is 12. The van der Waals surface area contributed by atoms with Gasteiger partial charge in [0.1, 0.15) is 6.04 Å². The lowest BCUT2D eigenvalue weighted by Crippen LogP contribution is -2.44. The smallest absolute Gasteiger partial charge is 0.320 e. The van der Waals surface area contributed by atoms with Crippen LogP contribution in [0, 0.1) is 0 Å². The lowest BCUT2D eigenvalue weighted by atomic mass is 9.98. The molecule has 0 unspecified atom stereocenters. The van der Waals surface area contributed by atoms with E-state index in [0.717, 1.165) is 47.1 Å². The van der Waals surface area contributed by atoms with Crippen LogP contribution in [-0.2, 0) is 22.7 Å². The minimum Gasteiger partial charge on any atom is -0.481 e. The Morgan fingerprint density at radius 3 is 2.04 bits per heavy atom. The Balaban J connectivity index is 1.24. The van der Waals surface area contributed by atoms with E-state index in [9.17, 15) is 14.7 Å². The zero-order valence-electron chi connectivity index (χ0n) is 27.5. The number of amides is 1. The van der Waals surface area contributed by atoms with Crippen LogP contribution < -0.4 is 20.1 Å². The largest absolute Gasteiger partial charge is 0.481 e. The van der Waals surface area contributed by atoms with E-state index in [4.69, 9.17) is 42.6 Å². The van der Waals surface area contributed by atoms with Crippen LogP contribution in [0.15, 0.2) is 60.7 Å². The quantitative estimate of drug-likeness (QED) is 0.149. The molecule has 0 bridgehead atoms. The van der Waals surface area contributed by atoms with Crippen molar-refractivity contribution in [2.24, 2.45) is 0 Å². The van der Waals surface area contributed by atoms with Crippen molar-refractivity contribution in [3.05, 3.63) is 81.8 Å². The van der Waals surface area contributed by atoms with E-state index in [1.165, 1.54) is 0 Å². The van der Waals surface area contributed by atoms with Crippen molar-refractivity contribution in [2.45, 2.75) is 57.3 Å². The molecule has 256 valence electrons. The van der Waals surface area contributed by atoms with Crippen LogP contribution in [0.1, 0.15) is 43.2 Å². The molecule has 2 saturated heterocycles. The van der Waals surface area contributed by atoms with Gasteiger partial charge in [-0.05, 0) is 37.9 Å². The molecule has 2 fully saturated rings. The number of hydrogen-bond donors (Lipinski definition) is 3. The third kappa shape index (κ3) is 7.68. The van der Waals surface area contributed by atoms with Crippen molar-refractivity contribution in [2.75, 3.05) is 27.3 Å². The maximum atomic E-state index is 11.8. The van der Waals surface area contributed by atoms with Crippen LogP contribution in [0.4, 0.5) is 0 Å². The Morgan fingerprint density at radius 2 is 1.47 bits per heavy atom. The summed E-state index contributed by atoms with van der Waals surface area (Å²) in [4.78, 5) is 34.9. The van der Waals surface area contributed by atoms with E-state index < -0.39 is 12.0 Å². The van der Waals surface area contributed by atoms with E-state index in [1.54, 1.807) is 14.2 Å². The van der Waals surface area contributed by atoms with Crippen LogP contribution in [0.25, 0.3) is 33.6 Å². The van der Waals surface area contributed by atoms with Crippen molar-refractivity contribution < 1.29 is 24.2 Å². The number of aliphatic carboxylic acids is 1. The molecule has 0 spiro atoms. The second-order valence-corrected chi connectivity index (χ2v) is 13.1. The van der Waals surface area contributed by atoms with Gasteiger partial charge in [-0.3, -0.25) is 14.5 Å². The summed E-state index contributed by atoms with van der Waals surface area (Å²) in [5.41, 5.74) is 5.90. The molecule has 1 amide bonds. The molecule has 2 atom stereocenters. The van der Waals surface area contributed by atoms with Crippen molar-refractivity contribution >= 4 is 35.1 Å². The summed E-state index contributed by atoms with van der Waals surface area (Å²) in [6.07, 6.45) is 3.89. The fourth-order valence-corrected chi connectivity index (χ4v) is 7.26. The molecular formula is C37H39Cl2N5O5. The van der Waals surface area contributed by atoms with Gasteiger partial charge in [-0.15, -0.1) is 0 Å². The van der Waals surface area contributed by atoms with Gasteiger partial charge in [-0.25, -0.2) is 9.97 Å². The molecule has 10 nitrogen and oxygen atoms in total. The Hall–Kier alpha value is -4.22. The molecule has 6 rings (SSSR count). The van der Waals surface area contributed by atoms with Crippen LogP contribution in [-0.4, -0.2) is 71.2 Å². The molecule has 4 heterocycles. The van der Waals surface area contributed by atoms with E-state index in [2.05, 4.69) is 10.6 Å². The first-order chi connectivity index (χ1) is 23.8. The SMILES string of the molecule is COc1nc(-c2cccc(-c3cccc(-c4ccc(CN5CCCC[C@@H]5C(=O)O)c(OC)n4)c3Cl)c2Cl)ccc1CNC[C@H]1CCC(=O)N1. The van der Waals surface area contributed by atoms with Crippen molar-refractivity contribution in [1.29, 1.82) is 0 Å². The first-order valence-electron chi connectivity index (χ1n) is 16.4. The highest BCUT2D eigenvalue weighted by Crippen LogP contribution is 2.42. The highest BCUT2D eigenvalue weighted by atomic mass is 35.5. The molecule has 49 heavy (non-hydrogen) atoms. The number of benzene rings is 2. The van der Waals surface area contributed by atoms with Gasteiger partial charge in [0, 0.05) is 65.5 Å². The third-order valence-corrected chi connectivity index (χ3v) is 9.98. The molecule has 0 aliphatic carbocycles. The van der Waals surface area contributed by atoms with Gasteiger partial charge in [0.05, 0.1) is 35.7 Å². The monoisotopic (exact) mass is 703 g/mol. The van der Waals surface area contributed by atoms with E-state index in [0.29, 0.717) is 77.8 Å². The first kappa shape index (κ1) is 34.6. The molecule has 2 aromatic carbocycles. The Morgan fingerprint density at radius 1 is 0.878 bits per heavy atom. The predicted molar refractivity (Wildman–Crippen MR) is 190 cm³/mol. The lowest BCUT2D eigenvalue weighted by Gasteiger charge is -2.33. The van der Waals surface area contributed by atoms with Gasteiger partial charge in [0.25, 0.3) is 0 Å². The fraction of sp³-hybridized carbons (Fsp3) is 0.351. The summed E-state index contributed by atoms with van der Waals surface area (Å²) in [7, 11) is 3.15. The third-order valence-electron chi connectivity index (χ3n) is 9.17. The number of pyridine rings is 2. The van der Waals surface area contributed by atoms with Gasteiger partial charge in [0.2, 0.25) is 17.7 Å². The number of piperidine rings is 1. The topological polar surface area (TPSA) is 126 Å². The van der Waals surface area contributed by atoms with Gasteiger partial charge in [-0.2, -0.15) is 0 Å². The number of nitrogens with one attached hydrogen (secondary N) is 2. The van der Waals surface area contributed by atoms with Crippen LogP contribution in [0.2, 0.25) is 10.0 Å². The van der Waals surface area contributed by atoms with Crippen LogP contribution >= 0.6 is 23.2 Å². The number of likely N-dealkylation sites (tertiary alicyclic amines) is 1. The van der Waals surface area contributed by atoms with Crippen molar-refractivity contribution in [3.63, 3.8) is 0 Å². The molecule has 0 saturated carbocycles. The number of halogens is 2. The van der Waals surface area contributed by atoms with Crippen molar-refractivity contribution in [1.82, 2.24) is 25.5 Å². The molecule has 2 aromatic heterocycles. The summed E-state index contributed by atoms with van der Waals surface area (Å²) < 4.78 is 11.3. The summed E-state index contributed by atoms with van der Waals surface area (Å²) in [5.74, 6) is 0.208. The Labute approximate surface area is 295 Å². The predicted octanol–water partition coefficient (Wildman–Crippen LogP) is 6.61. The summed E-state index contributed by atoms with van der Waals surface area (Å²) >= 11 is 14.2. The molecule has 2 aliphatic rings. The second-order valence-electron chi connectivity index (χ2n) is 12.3. The lowest BCUT2D eigenvalue weighted by molar-refractivity contribution is -0.144. The Bertz CT molecular complexity index is 1850. The van der Waals surface area contributed by atoms with E-state index in [1.807, 2.05) is 65.6 Å². The number of hydrogen-bond acceptors (Lipinski definition) is 8. The highest BCUT2D eigenvalue weighted by Gasteiger charge is 2.29. The fourth-order valence-electron chi connectivity index (χ4n) is 6.61. The number of aromatic nitrogens is 2. The summed E-state index contributed by atoms with van der Waals surface area (Å²) in [6, 6.07) is 18.8. The normalized spacial score (nSPS) is 17.9. The van der Waals surface area contributed by atoms with Gasteiger partial charge >= 0.3 is 5.97 Å². The number of carbonyl (C=O) groups is 2. The van der Waals surface area contributed by atoms with Crippen LogP contribution in [0.3, 0.4) is 0 Å². The zero-order valence-corrected chi connectivity index (χ0v) is 29.0. The van der Waals surface area contributed by atoms with Gasteiger partial charge < -0.3 is 25.2 Å². The van der Waals surface area contributed by atoms with E-state index in [-0.39, 0.29) is 11.9 Å². The second kappa shape index (κ2) is 15.6. The van der Waals surface area contributed by atoms with Crippen molar-refractivity contribution in [3.8, 4) is 45.4 Å². The maximum absolute atomic E-state index is 11.8. The number of carboxylic acids is 1. The number of carboxylic acid groups (broad SMARTS) is 1. The highest BCUT2D eigenvalue weighted by molar-refractivity contribution is 6.39. The molecular weight excluding hydrogens is 665 g/mol.